The van der Waals surface area contributed by atoms with Crippen molar-refractivity contribution >= 4 is 17.5 Å². The highest BCUT2D eigenvalue weighted by Crippen LogP contribution is 2.14. The molecule has 1 heterocycles. The molecule has 0 radical (unpaired) electrons. The van der Waals surface area contributed by atoms with Crippen molar-refractivity contribution in [1.29, 1.82) is 0 Å². The lowest BCUT2D eigenvalue weighted by atomic mass is 10.1. The maximum atomic E-state index is 11.9. The van der Waals surface area contributed by atoms with E-state index in [1.54, 1.807) is 0 Å². The lowest BCUT2D eigenvalue weighted by Gasteiger charge is -2.22. The molecule has 1 aromatic carbocycles. The first-order valence-electron chi connectivity index (χ1n) is 5.81. The minimum atomic E-state index is -0.618. The van der Waals surface area contributed by atoms with Crippen LogP contribution in [0.3, 0.4) is 0 Å². The van der Waals surface area contributed by atoms with Crippen molar-refractivity contribution in [2.45, 2.75) is 19.9 Å². The highest BCUT2D eigenvalue weighted by atomic mass is 16.5. The van der Waals surface area contributed by atoms with Gasteiger partial charge in [0, 0.05) is 5.69 Å². The third-order valence-corrected chi connectivity index (χ3v) is 2.94. The Morgan fingerprint density at radius 2 is 2.17 bits per heavy atom. The molecule has 0 saturated carbocycles. The molecule has 1 saturated heterocycles. The first kappa shape index (κ1) is 12.6. The van der Waals surface area contributed by atoms with Crippen LogP contribution in [0.1, 0.15) is 11.1 Å². The molecule has 0 spiro atoms. The summed E-state index contributed by atoms with van der Waals surface area (Å²) < 4.78 is 5.02. The van der Waals surface area contributed by atoms with Crippen LogP contribution in [0.4, 0.5) is 5.69 Å². The fourth-order valence-electron chi connectivity index (χ4n) is 1.74. The summed E-state index contributed by atoms with van der Waals surface area (Å²) in [6, 6.07) is 5.07. The number of aryl methyl sites for hydroxylation is 2. The number of hydrogen-bond donors (Lipinski definition) is 2. The molecule has 96 valence electrons. The number of carbonyl (C=O) groups is 2. The smallest absolute Gasteiger partial charge is 0.249 e. The number of benzene rings is 1. The molecule has 1 aliphatic rings. The van der Waals surface area contributed by atoms with Crippen LogP contribution in [0.2, 0.25) is 0 Å². The molecule has 2 rings (SSSR count). The summed E-state index contributed by atoms with van der Waals surface area (Å²) in [4.78, 5) is 23.0. The second-order valence-corrected chi connectivity index (χ2v) is 4.42. The average Bonchev–Trinajstić information content (AvgIpc) is 2.34. The zero-order valence-corrected chi connectivity index (χ0v) is 10.4. The van der Waals surface area contributed by atoms with Crippen molar-refractivity contribution in [2.75, 3.05) is 18.5 Å². The van der Waals surface area contributed by atoms with Gasteiger partial charge in [-0.1, -0.05) is 6.07 Å². The van der Waals surface area contributed by atoms with Gasteiger partial charge in [-0.05, 0) is 37.1 Å². The molecule has 0 aliphatic carbocycles. The maximum Gasteiger partial charge on any atom is 0.249 e. The summed E-state index contributed by atoms with van der Waals surface area (Å²) in [6.45, 7) is 4.22. The van der Waals surface area contributed by atoms with E-state index in [9.17, 15) is 9.59 Å². The van der Waals surface area contributed by atoms with Crippen molar-refractivity contribution < 1.29 is 14.3 Å². The lowest BCUT2D eigenvalue weighted by molar-refractivity contribution is -0.136. The van der Waals surface area contributed by atoms with Gasteiger partial charge in [0.25, 0.3) is 0 Å². The van der Waals surface area contributed by atoms with Crippen LogP contribution < -0.4 is 10.6 Å². The van der Waals surface area contributed by atoms with Gasteiger partial charge in [0.15, 0.2) is 0 Å². The lowest BCUT2D eigenvalue weighted by Crippen LogP contribution is -2.51. The summed E-state index contributed by atoms with van der Waals surface area (Å²) in [7, 11) is 0. The molecule has 0 bridgehead atoms. The monoisotopic (exact) mass is 248 g/mol. The predicted molar refractivity (Wildman–Crippen MR) is 67.3 cm³/mol. The molecule has 5 nitrogen and oxygen atoms in total. The van der Waals surface area contributed by atoms with Crippen LogP contribution in [0.15, 0.2) is 18.2 Å². The second-order valence-electron chi connectivity index (χ2n) is 4.42. The van der Waals surface area contributed by atoms with E-state index in [-0.39, 0.29) is 25.0 Å². The number of hydrogen-bond acceptors (Lipinski definition) is 3. The molecule has 2 N–H and O–H groups in total. The van der Waals surface area contributed by atoms with Crippen LogP contribution in [0.5, 0.6) is 0 Å². The molecular weight excluding hydrogens is 232 g/mol. The second kappa shape index (κ2) is 5.18. The minimum absolute atomic E-state index is 0.0212. The summed E-state index contributed by atoms with van der Waals surface area (Å²) in [6.07, 6.45) is 0. The molecule has 2 amide bonds. The summed E-state index contributed by atoms with van der Waals surface area (Å²) in [5.41, 5.74) is 3.00. The topological polar surface area (TPSA) is 67.4 Å². The molecule has 1 unspecified atom stereocenters. The van der Waals surface area contributed by atoms with Crippen LogP contribution in [-0.4, -0.2) is 31.1 Å². The molecule has 1 aromatic rings. The van der Waals surface area contributed by atoms with Crippen LogP contribution >= 0.6 is 0 Å². The van der Waals surface area contributed by atoms with Crippen LogP contribution in [-0.2, 0) is 14.3 Å². The van der Waals surface area contributed by atoms with E-state index in [4.69, 9.17) is 4.74 Å². The van der Waals surface area contributed by atoms with E-state index in [1.165, 1.54) is 5.56 Å². The van der Waals surface area contributed by atoms with Gasteiger partial charge in [0.1, 0.15) is 12.6 Å². The van der Waals surface area contributed by atoms with Crippen LogP contribution in [0, 0.1) is 13.8 Å². The Morgan fingerprint density at radius 3 is 2.83 bits per heavy atom. The Bertz CT molecular complexity index is 485. The molecule has 0 aromatic heterocycles. The van der Waals surface area contributed by atoms with Gasteiger partial charge in [-0.2, -0.15) is 0 Å². The number of ether oxygens (including phenoxy) is 1. The highest BCUT2D eigenvalue weighted by molar-refractivity contribution is 5.97. The van der Waals surface area contributed by atoms with E-state index in [0.717, 1.165) is 11.3 Å². The Kier molecular flexibility index (Phi) is 3.62. The average molecular weight is 248 g/mol. The Labute approximate surface area is 106 Å². The van der Waals surface area contributed by atoms with Gasteiger partial charge in [-0.25, -0.2) is 0 Å². The summed E-state index contributed by atoms with van der Waals surface area (Å²) >= 11 is 0. The van der Waals surface area contributed by atoms with Crippen LogP contribution in [0.25, 0.3) is 0 Å². The summed E-state index contributed by atoms with van der Waals surface area (Å²) in [5, 5.41) is 5.35. The fraction of sp³-hybridized carbons (Fsp3) is 0.385. The van der Waals surface area contributed by atoms with Crippen molar-refractivity contribution in [3.05, 3.63) is 29.3 Å². The van der Waals surface area contributed by atoms with E-state index >= 15 is 0 Å². The number of amides is 2. The van der Waals surface area contributed by atoms with Gasteiger partial charge < -0.3 is 15.4 Å². The third kappa shape index (κ3) is 2.87. The van der Waals surface area contributed by atoms with Gasteiger partial charge in [0.2, 0.25) is 11.8 Å². The predicted octanol–water partition coefficient (Wildman–Crippen LogP) is 0.757. The molecule has 1 aliphatic heterocycles. The van der Waals surface area contributed by atoms with Crippen molar-refractivity contribution in [3.8, 4) is 0 Å². The van der Waals surface area contributed by atoms with Gasteiger partial charge in [0.05, 0.1) is 6.61 Å². The van der Waals surface area contributed by atoms with E-state index in [0.29, 0.717) is 0 Å². The molecular formula is C13H16N2O3. The van der Waals surface area contributed by atoms with Crippen molar-refractivity contribution in [2.24, 2.45) is 0 Å². The third-order valence-electron chi connectivity index (χ3n) is 2.94. The number of nitrogens with one attached hydrogen (secondary N) is 2. The number of rotatable bonds is 2. The quantitative estimate of drug-likeness (QED) is 0.812. The largest absolute Gasteiger partial charge is 0.369 e. The van der Waals surface area contributed by atoms with E-state index in [2.05, 4.69) is 10.6 Å². The Hall–Kier alpha value is -1.88. The normalized spacial score (nSPS) is 19.2. The zero-order chi connectivity index (χ0) is 13.1. The number of carbonyl (C=O) groups excluding carboxylic acids is 2. The molecule has 18 heavy (non-hydrogen) atoms. The molecule has 1 atom stereocenters. The van der Waals surface area contributed by atoms with Gasteiger partial charge in [-0.3, -0.25) is 9.59 Å². The van der Waals surface area contributed by atoms with Gasteiger partial charge in [-0.15, -0.1) is 0 Å². The molecule has 5 heteroatoms. The fourth-order valence-corrected chi connectivity index (χ4v) is 1.74. The number of morpholine rings is 1. The van der Waals surface area contributed by atoms with Crippen molar-refractivity contribution in [3.63, 3.8) is 0 Å². The summed E-state index contributed by atoms with van der Waals surface area (Å²) in [5.74, 6) is -0.521. The maximum absolute atomic E-state index is 11.9. The first-order valence-corrected chi connectivity index (χ1v) is 5.81. The minimum Gasteiger partial charge on any atom is -0.369 e. The van der Waals surface area contributed by atoms with E-state index < -0.39 is 6.04 Å². The zero-order valence-electron chi connectivity index (χ0n) is 10.4. The highest BCUT2D eigenvalue weighted by Gasteiger charge is 2.25. The van der Waals surface area contributed by atoms with Gasteiger partial charge >= 0.3 is 0 Å². The Balaban J connectivity index is 2.02. The number of anilines is 1. The Morgan fingerprint density at radius 1 is 1.39 bits per heavy atom. The first-order chi connectivity index (χ1) is 8.56. The SMILES string of the molecule is Cc1ccc(NC(=O)C2COCC(=O)N2)cc1C. The van der Waals surface area contributed by atoms with E-state index in [1.807, 2.05) is 32.0 Å². The standard InChI is InChI=1S/C13H16N2O3/c1-8-3-4-10(5-9(8)2)14-13(17)11-6-18-7-12(16)15-11/h3-5,11H,6-7H2,1-2H3,(H,14,17)(H,15,16). The molecule has 1 fully saturated rings. The van der Waals surface area contributed by atoms with Crippen molar-refractivity contribution in [1.82, 2.24) is 5.32 Å².